The minimum Gasteiger partial charge on any atom is -0.465 e. The van der Waals surface area contributed by atoms with Gasteiger partial charge in [-0.05, 0) is 29.8 Å². The number of ether oxygens (including phenoxy) is 1. The number of halogens is 1. The van der Waals surface area contributed by atoms with Crippen LogP contribution >= 0.6 is 11.6 Å². The van der Waals surface area contributed by atoms with Crippen molar-refractivity contribution in [3.8, 4) is 0 Å². The topological polar surface area (TPSA) is 55.6 Å². The molecule has 2 rings (SSSR count). The van der Waals surface area contributed by atoms with Crippen LogP contribution in [0.1, 0.15) is 15.9 Å². The molecule has 0 amide bonds. The molecule has 2 aromatic carbocycles. The zero-order valence-electron chi connectivity index (χ0n) is 12.0. The molecule has 0 fully saturated rings. The van der Waals surface area contributed by atoms with Crippen molar-refractivity contribution >= 4 is 28.9 Å². The summed E-state index contributed by atoms with van der Waals surface area (Å²) in [6, 6.07) is 12.8. The highest BCUT2D eigenvalue weighted by atomic mass is 35.5. The largest absolute Gasteiger partial charge is 0.465 e. The van der Waals surface area contributed by atoms with Gasteiger partial charge in [-0.25, -0.2) is 4.79 Å². The first-order valence-corrected chi connectivity index (χ1v) is 6.83. The molecule has 2 aromatic rings. The van der Waals surface area contributed by atoms with Crippen molar-refractivity contribution in [2.24, 2.45) is 0 Å². The lowest BCUT2D eigenvalue weighted by Gasteiger charge is -2.22. The van der Waals surface area contributed by atoms with Gasteiger partial charge in [-0.15, -0.1) is 0 Å². The lowest BCUT2D eigenvalue weighted by atomic mass is 10.1. The lowest BCUT2D eigenvalue weighted by molar-refractivity contribution is 0.0601. The molecule has 0 saturated carbocycles. The zero-order valence-corrected chi connectivity index (χ0v) is 12.7. The van der Waals surface area contributed by atoms with E-state index in [1.165, 1.54) is 7.11 Å². The Bertz CT molecular complexity index is 658. The van der Waals surface area contributed by atoms with Crippen molar-refractivity contribution in [3.63, 3.8) is 0 Å². The van der Waals surface area contributed by atoms with Gasteiger partial charge in [-0.1, -0.05) is 29.8 Å². The van der Waals surface area contributed by atoms with Crippen molar-refractivity contribution in [2.45, 2.75) is 6.54 Å². The standard InChI is InChI=1S/C16H17ClN2O2/c1-19(10-11-5-3-4-6-14(11)17)15-8-7-12(18)9-13(15)16(20)21-2/h3-9H,10,18H2,1-2H3. The van der Waals surface area contributed by atoms with Gasteiger partial charge in [0.05, 0.1) is 18.4 Å². The Kier molecular flexibility index (Phi) is 4.70. The molecule has 0 atom stereocenters. The van der Waals surface area contributed by atoms with Crippen LogP contribution in [0.3, 0.4) is 0 Å². The Morgan fingerprint density at radius 2 is 2.00 bits per heavy atom. The minimum atomic E-state index is -0.414. The molecule has 0 heterocycles. The number of benzene rings is 2. The third kappa shape index (κ3) is 3.47. The Morgan fingerprint density at radius 1 is 1.29 bits per heavy atom. The van der Waals surface area contributed by atoms with Crippen LogP contribution < -0.4 is 10.6 Å². The maximum atomic E-state index is 11.9. The average Bonchev–Trinajstić information content (AvgIpc) is 2.48. The van der Waals surface area contributed by atoms with Crippen LogP contribution in [0.2, 0.25) is 5.02 Å². The van der Waals surface area contributed by atoms with E-state index >= 15 is 0 Å². The first kappa shape index (κ1) is 15.2. The predicted molar refractivity (Wildman–Crippen MR) is 85.8 cm³/mol. The molecule has 2 N–H and O–H groups in total. The normalized spacial score (nSPS) is 10.2. The molecular formula is C16H17ClN2O2. The van der Waals surface area contributed by atoms with E-state index in [9.17, 15) is 4.79 Å². The fourth-order valence-electron chi connectivity index (χ4n) is 2.13. The molecule has 0 aliphatic rings. The number of carbonyl (C=O) groups is 1. The maximum Gasteiger partial charge on any atom is 0.340 e. The van der Waals surface area contributed by atoms with Gasteiger partial charge in [0.1, 0.15) is 0 Å². The highest BCUT2D eigenvalue weighted by Gasteiger charge is 2.16. The summed E-state index contributed by atoms with van der Waals surface area (Å²) in [7, 11) is 3.24. The molecule has 5 heteroatoms. The summed E-state index contributed by atoms with van der Waals surface area (Å²) in [5, 5.41) is 0.694. The van der Waals surface area contributed by atoms with Gasteiger partial charge in [0, 0.05) is 24.3 Å². The fourth-order valence-corrected chi connectivity index (χ4v) is 2.32. The zero-order chi connectivity index (χ0) is 15.4. The van der Waals surface area contributed by atoms with Crippen molar-refractivity contribution in [2.75, 3.05) is 24.8 Å². The molecule has 0 aliphatic heterocycles. The quantitative estimate of drug-likeness (QED) is 0.695. The number of hydrogen-bond acceptors (Lipinski definition) is 4. The van der Waals surface area contributed by atoms with Crippen LogP contribution in [0.5, 0.6) is 0 Å². The van der Waals surface area contributed by atoms with E-state index in [0.29, 0.717) is 22.8 Å². The van der Waals surface area contributed by atoms with E-state index in [-0.39, 0.29) is 0 Å². The summed E-state index contributed by atoms with van der Waals surface area (Å²) < 4.78 is 4.81. The van der Waals surface area contributed by atoms with Gasteiger partial charge < -0.3 is 15.4 Å². The van der Waals surface area contributed by atoms with Gasteiger partial charge in [0.2, 0.25) is 0 Å². The summed E-state index contributed by atoms with van der Waals surface area (Å²) in [6.07, 6.45) is 0. The van der Waals surface area contributed by atoms with Gasteiger partial charge in [-0.2, -0.15) is 0 Å². The number of nitrogen functional groups attached to an aromatic ring is 1. The van der Waals surface area contributed by atoms with Gasteiger partial charge in [0.25, 0.3) is 0 Å². The van der Waals surface area contributed by atoms with Crippen LogP contribution in [-0.4, -0.2) is 20.1 Å². The van der Waals surface area contributed by atoms with Crippen molar-refractivity contribution < 1.29 is 9.53 Å². The summed E-state index contributed by atoms with van der Waals surface area (Å²) in [6.45, 7) is 0.577. The number of anilines is 2. The lowest BCUT2D eigenvalue weighted by Crippen LogP contribution is -2.20. The van der Waals surface area contributed by atoms with Crippen molar-refractivity contribution in [3.05, 3.63) is 58.6 Å². The van der Waals surface area contributed by atoms with E-state index < -0.39 is 5.97 Å². The van der Waals surface area contributed by atoms with E-state index in [1.807, 2.05) is 36.2 Å². The predicted octanol–water partition coefficient (Wildman–Crippen LogP) is 3.35. The number of carbonyl (C=O) groups excluding carboxylic acids is 1. The molecule has 4 nitrogen and oxygen atoms in total. The van der Waals surface area contributed by atoms with E-state index in [2.05, 4.69) is 0 Å². The number of methoxy groups -OCH3 is 1. The number of rotatable bonds is 4. The van der Waals surface area contributed by atoms with Crippen LogP contribution in [0.15, 0.2) is 42.5 Å². The fraction of sp³-hybridized carbons (Fsp3) is 0.188. The van der Waals surface area contributed by atoms with Gasteiger partial charge >= 0.3 is 5.97 Å². The Labute approximate surface area is 129 Å². The Balaban J connectivity index is 2.33. The summed E-state index contributed by atoms with van der Waals surface area (Å²) in [5.74, 6) is -0.414. The smallest absolute Gasteiger partial charge is 0.340 e. The van der Waals surface area contributed by atoms with Crippen LogP contribution in [0, 0.1) is 0 Å². The SMILES string of the molecule is COC(=O)c1cc(N)ccc1N(C)Cc1ccccc1Cl. The third-order valence-corrected chi connectivity index (χ3v) is 3.57. The molecule has 0 saturated heterocycles. The monoisotopic (exact) mass is 304 g/mol. The Hall–Kier alpha value is -2.20. The molecule has 0 spiro atoms. The number of nitrogens with two attached hydrogens (primary N) is 1. The molecule has 0 aromatic heterocycles. The number of hydrogen-bond donors (Lipinski definition) is 1. The van der Waals surface area contributed by atoms with Crippen molar-refractivity contribution in [1.82, 2.24) is 0 Å². The van der Waals surface area contributed by atoms with Crippen LogP contribution in [0.25, 0.3) is 0 Å². The molecule has 0 radical (unpaired) electrons. The van der Waals surface area contributed by atoms with Crippen LogP contribution in [0.4, 0.5) is 11.4 Å². The number of esters is 1. The molecule has 21 heavy (non-hydrogen) atoms. The summed E-state index contributed by atoms with van der Waals surface area (Å²) in [5.41, 5.74) is 8.43. The summed E-state index contributed by atoms with van der Waals surface area (Å²) >= 11 is 6.17. The number of nitrogens with zero attached hydrogens (tertiary/aromatic N) is 1. The molecule has 0 bridgehead atoms. The second kappa shape index (κ2) is 6.50. The maximum absolute atomic E-state index is 11.9. The van der Waals surface area contributed by atoms with Gasteiger partial charge in [0.15, 0.2) is 0 Å². The highest BCUT2D eigenvalue weighted by molar-refractivity contribution is 6.31. The molecule has 110 valence electrons. The van der Waals surface area contributed by atoms with E-state index in [4.69, 9.17) is 22.1 Å². The van der Waals surface area contributed by atoms with E-state index in [0.717, 1.165) is 11.3 Å². The average molecular weight is 305 g/mol. The second-order valence-electron chi connectivity index (χ2n) is 4.72. The van der Waals surface area contributed by atoms with E-state index in [1.54, 1.807) is 18.2 Å². The first-order valence-electron chi connectivity index (χ1n) is 6.45. The van der Waals surface area contributed by atoms with Gasteiger partial charge in [-0.3, -0.25) is 0 Å². The van der Waals surface area contributed by atoms with Crippen LogP contribution in [-0.2, 0) is 11.3 Å². The first-order chi connectivity index (χ1) is 10.0. The highest BCUT2D eigenvalue weighted by Crippen LogP contribution is 2.26. The Morgan fingerprint density at radius 3 is 2.67 bits per heavy atom. The van der Waals surface area contributed by atoms with Crippen molar-refractivity contribution in [1.29, 1.82) is 0 Å². The molecular weight excluding hydrogens is 288 g/mol. The third-order valence-electron chi connectivity index (χ3n) is 3.20. The second-order valence-corrected chi connectivity index (χ2v) is 5.12. The molecule has 0 unspecified atom stereocenters. The summed E-state index contributed by atoms with van der Waals surface area (Å²) in [4.78, 5) is 13.8. The molecule has 0 aliphatic carbocycles. The minimum absolute atomic E-state index is 0.414.